The second-order valence-corrected chi connectivity index (χ2v) is 3.45. The summed E-state index contributed by atoms with van der Waals surface area (Å²) in [5.74, 6) is 0.474. The molecule has 0 fully saturated rings. The minimum atomic E-state index is -4.41. The van der Waals surface area contributed by atoms with E-state index in [-0.39, 0.29) is 11.4 Å². The summed E-state index contributed by atoms with van der Waals surface area (Å²) in [6.45, 7) is 0. The van der Waals surface area contributed by atoms with Crippen LogP contribution in [0.15, 0.2) is 18.3 Å². The molecule has 2 nitrogen and oxygen atoms in total. The monoisotopic (exact) mass is 250 g/mol. The van der Waals surface area contributed by atoms with Gasteiger partial charge in [-0.2, -0.15) is 13.2 Å². The van der Waals surface area contributed by atoms with Gasteiger partial charge in [-0.1, -0.05) is 12.2 Å². The van der Waals surface area contributed by atoms with Crippen LogP contribution in [0.3, 0.4) is 0 Å². The number of pyridine rings is 1. The molecule has 0 aliphatic rings. The maximum atomic E-state index is 12.4. The lowest BCUT2D eigenvalue weighted by Crippen LogP contribution is -2.07. The van der Waals surface area contributed by atoms with Crippen LogP contribution in [0.4, 0.5) is 19.0 Å². The summed E-state index contributed by atoms with van der Waals surface area (Å²) in [7, 11) is 0. The molecule has 16 heavy (non-hydrogen) atoms. The first-order chi connectivity index (χ1) is 7.45. The Morgan fingerprint density at radius 3 is 2.69 bits per heavy atom. The SMILES string of the molecule is Nc1ncc(C(F)(F)F)cc1C=CCCCl. The topological polar surface area (TPSA) is 38.9 Å². The number of nitrogens with zero attached hydrogens (tertiary/aromatic N) is 1. The highest BCUT2D eigenvalue weighted by Gasteiger charge is 2.31. The number of anilines is 1. The van der Waals surface area contributed by atoms with Gasteiger partial charge in [0.25, 0.3) is 0 Å². The number of nitrogens with two attached hydrogens (primary N) is 1. The number of nitrogen functional groups attached to an aromatic ring is 1. The van der Waals surface area contributed by atoms with Gasteiger partial charge in [0.05, 0.1) is 5.56 Å². The van der Waals surface area contributed by atoms with Crippen molar-refractivity contribution in [1.82, 2.24) is 4.98 Å². The fourth-order valence-electron chi connectivity index (χ4n) is 1.05. The molecule has 6 heteroatoms. The normalized spacial score (nSPS) is 12.2. The first kappa shape index (κ1) is 12.8. The Hall–Kier alpha value is -1.23. The van der Waals surface area contributed by atoms with Crippen molar-refractivity contribution in [2.45, 2.75) is 12.6 Å². The van der Waals surface area contributed by atoms with Gasteiger partial charge in [-0.15, -0.1) is 11.6 Å². The molecule has 1 aromatic heterocycles. The zero-order chi connectivity index (χ0) is 12.2. The van der Waals surface area contributed by atoms with Crippen molar-refractivity contribution in [3.8, 4) is 0 Å². The van der Waals surface area contributed by atoms with Gasteiger partial charge in [-0.3, -0.25) is 0 Å². The Balaban J connectivity index is 3.00. The van der Waals surface area contributed by atoms with Crippen LogP contribution in [0.25, 0.3) is 6.08 Å². The van der Waals surface area contributed by atoms with Crippen LogP contribution in [0.5, 0.6) is 0 Å². The average molecular weight is 251 g/mol. The number of alkyl halides is 4. The Labute approximate surface area is 95.9 Å². The third-order valence-corrected chi connectivity index (χ3v) is 2.07. The van der Waals surface area contributed by atoms with Crippen LogP contribution in [0.2, 0.25) is 0 Å². The molecular formula is C10H10ClF3N2. The molecule has 0 saturated heterocycles. The van der Waals surface area contributed by atoms with E-state index in [1.807, 2.05) is 0 Å². The quantitative estimate of drug-likeness (QED) is 0.836. The number of halogens is 4. The predicted molar refractivity (Wildman–Crippen MR) is 58.0 cm³/mol. The fraction of sp³-hybridized carbons (Fsp3) is 0.300. The average Bonchev–Trinajstić information content (AvgIpc) is 2.19. The largest absolute Gasteiger partial charge is 0.417 e. The molecule has 0 spiro atoms. The third kappa shape index (κ3) is 3.41. The predicted octanol–water partition coefficient (Wildman–Crippen LogP) is 3.32. The van der Waals surface area contributed by atoms with Crippen LogP contribution in [0, 0.1) is 0 Å². The molecule has 0 aliphatic heterocycles. The minimum Gasteiger partial charge on any atom is -0.383 e. The van der Waals surface area contributed by atoms with E-state index in [9.17, 15) is 13.2 Å². The summed E-state index contributed by atoms with van der Waals surface area (Å²) in [5, 5.41) is 0. The smallest absolute Gasteiger partial charge is 0.383 e. The number of hydrogen-bond acceptors (Lipinski definition) is 2. The Morgan fingerprint density at radius 2 is 2.12 bits per heavy atom. The highest BCUT2D eigenvalue weighted by molar-refractivity contribution is 6.17. The second-order valence-electron chi connectivity index (χ2n) is 3.08. The van der Waals surface area contributed by atoms with Gasteiger partial charge in [0.2, 0.25) is 0 Å². The van der Waals surface area contributed by atoms with Gasteiger partial charge in [0.15, 0.2) is 0 Å². The molecule has 0 unspecified atom stereocenters. The minimum absolute atomic E-state index is 0.0684. The van der Waals surface area contributed by atoms with Crippen molar-refractivity contribution in [3.63, 3.8) is 0 Å². The molecule has 0 aliphatic carbocycles. The summed E-state index contributed by atoms with van der Waals surface area (Å²) in [5.41, 5.74) is 4.89. The molecule has 88 valence electrons. The molecule has 0 amide bonds. The van der Waals surface area contributed by atoms with Crippen molar-refractivity contribution in [2.24, 2.45) is 0 Å². The Kier molecular flexibility index (Phi) is 4.18. The van der Waals surface area contributed by atoms with Crippen molar-refractivity contribution in [3.05, 3.63) is 29.5 Å². The summed E-state index contributed by atoms with van der Waals surface area (Å²) >= 11 is 5.43. The van der Waals surface area contributed by atoms with Crippen molar-refractivity contribution in [1.29, 1.82) is 0 Å². The molecule has 2 N–H and O–H groups in total. The summed E-state index contributed by atoms with van der Waals surface area (Å²) in [4.78, 5) is 3.50. The van der Waals surface area contributed by atoms with E-state index in [1.54, 1.807) is 6.08 Å². The van der Waals surface area contributed by atoms with Crippen LogP contribution in [0.1, 0.15) is 17.5 Å². The van der Waals surface area contributed by atoms with E-state index in [0.717, 1.165) is 6.07 Å². The van der Waals surface area contributed by atoms with E-state index in [0.29, 0.717) is 18.5 Å². The zero-order valence-electron chi connectivity index (χ0n) is 8.26. The number of aromatic nitrogens is 1. The van der Waals surface area contributed by atoms with Crippen molar-refractivity contribution in [2.75, 3.05) is 11.6 Å². The van der Waals surface area contributed by atoms with Gasteiger partial charge >= 0.3 is 6.18 Å². The molecular weight excluding hydrogens is 241 g/mol. The second kappa shape index (κ2) is 5.21. The van der Waals surface area contributed by atoms with E-state index in [2.05, 4.69) is 4.98 Å². The number of allylic oxidation sites excluding steroid dienone is 1. The molecule has 1 heterocycles. The number of rotatable bonds is 3. The van der Waals surface area contributed by atoms with Crippen LogP contribution < -0.4 is 5.73 Å². The lowest BCUT2D eigenvalue weighted by atomic mass is 10.1. The maximum Gasteiger partial charge on any atom is 0.417 e. The molecule has 1 rings (SSSR count). The molecule has 0 bridgehead atoms. The van der Waals surface area contributed by atoms with Gasteiger partial charge < -0.3 is 5.73 Å². The van der Waals surface area contributed by atoms with Gasteiger partial charge in [0, 0.05) is 17.6 Å². The van der Waals surface area contributed by atoms with Crippen molar-refractivity contribution < 1.29 is 13.2 Å². The van der Waals surface area contributed by atoms with Gasteiger partial charge in [-0.05, 0) is 12.5 Å². The van der Waals surface area contributed by atoms with Crippen LogP contribution in [-0.2, 0) is 6.18 Å². The van der Waals surface area contributed by atoms with Gasteiger partial charge in [0.1, 0.15) is 5.82 Å². The summed E-state index contributed by atoms with van der Waals surface area (Å²) in [6, 6.07) is 0.965. The first-order valence-corrected chi connectivity index (χ1v) is 5.04. The summed E-state index contributed by atoms with van der Waals surface area (Å²) in [6.07, 6.45) is 0.0156. The highest BCUT2D eigenvalue weighted by Crippen LogP contribution is 2.30. The molecule has 0 aromatic carbocycles. The van der Waals surface area contributed by atoms with Crippen LogP contribution in [-0.4, -0.2) is 10.9 Å². The highest BCUT2D eigenvalue weighted by atomic mass is 35.5. The maximum absolute atomic E-state index is 12.4. The molecule has 0 radical (unpaired) electrons. The lowest BCUT2D eigenvalue weighted by molar-refractivity contribution is -0.137. The zero-order valence-corrected chi connectivity index (χ0v) is 9.02. The third-order valence-electron chi connectivity index (χ3n) is 1.85. The van der Waals surface area contributed by atoms with E-state index in [1.165, 1.54) is 6.08 Å². The standard InChI is InChI=1S/C10H10ClF3N2/c11-4-2-1-3-7-5-8(10(12,13)14)6-16-9(7)15/h1,3,5-6H,2,4H2,(H2,15,16). The molecule has 0 atom stereocenters. The van der Waals surface area contributed by atoms with Gasteiger partial charge in [-0.25, -0.2) is 4.98 Å². The van der Waals surface area contributed by atoms with E-state index >= 15 is 0 Å². The fourth-order valence-corrected chi connectivity index (χ4v) is 1.18. The summed E-state index contributed by atoms with van der Waals surface area (Å²) < 4.78 is 37.1. The Morgan fingerprint density at radius 1 is 1.44 bits per heavy atom. The van der Waals surface area contributed by atoms with E-state index < -0.39 is 11.7 Å². The van der Waals surface area contributed by atoms with E-state index in [4.69, 9.17) is 17.3 Å². The lowest BCUT2D eigenvalue weighted by Gasteiger charge is -2.07. The molecule has 0 saturated carbocycles. The van der Waals surface area contributed by atoms with Crippen molar-refractivity contribution >= 4 is 23.5 Å². The first-order valence-electron chi connectivity index (χ1n) is 4.50. The Bertz CT molecular complexity index is 388. The van der Waals surface area contributed by atoms with Crippen LogP contribution >= 0.6 is 11.6 Å². The number of hydrogen-bond donors (Lipinski definition) is 1. The molecule has 1 aromatic rings.